The zero-order valence-corrected chi connectivity index (χ0v) is 20.7. The van der Waals surface area contributed by atoms with E-state index in [1.165, 1.54) is 11.3 Å². The number of ether oxygens (including phenoxy) is 1. The van der Waals surface area contributed by atoms with Gasteiger partial charge in [-0.3, -0.25) is 9.59 Å². The summed E-state index contributed by atoms with van der Waals surface area (Å²) in [6, 6.07) is 17.5. The van der Waals surface area contributed by atoms with Crippen molar-refractivity contribution in [3.63, 3.8) is 0 Å². The number of benzene rings is 2. The molecule has 0 aliphatic rings. The third-order valence-electron chi connectivity index (χ3n) is 4.82. The van der Waals surface area contributed by atoms with Gasteiger partial charge in [-0.25, -0.2) is 9.97 Å². The molecule has 0 unspecified atom stereocenters. The average molecular weight is 527 g/mol. The fourth-order valence-corrected chi connectivity index (χ4v) is 4.16. The highest BCUT2D eigenvalue weighted by Gasteiger charge is 2.16. The lowest BCUT2D eigenvalue weighted by atomic mass is 10.1. The van der Waals surface area contributed by atoms with Crippen LogP contribution in [0.5, 0.6) is 11.6 Å². The summed E-state index contributed by atoms with van der Waals surface area (Å²) in [4.78, 5) is 33.7. The predicted molar refractivity (Wildman–Crippen MR) is 137 cm³/mol. The lowest BCUT2D eigenvalue weighted by molar-refractivity contribution is 0.0943. The summed E-state index contributed by atoms with van der Waals surface area (Å²) in [5, 5.41) is 9.14. The monoisotopic (exact) mass is 526 g/mol. The van der Waals surface area contributed by atoms with Crippen LogP contribution in [0, 0.1) is 0 Å². The van der Waals surface area contributed by atoms with E-state index in [4.69, 9.17) is 27.9 Å². The van der Waals surface area contributed by atoms with Gasteiger partial charge in [-0.1, -0.05) is 35.3 Å². The molecule has 0 saturated carbocycles. The fourth-order valence-electron chi connectivity index (χ4n) is 3.11. The normalized spacial score (nSPS) is 10.6. The molecule has 0 aliphatic carbocycles. The second-order valence-electron chi connectivity index (χ2n) is 7.36. The molecule has 178 valence electrons. The molecule has 0 saturated heterocycles. The minimum atomic E-state index is -0.371. The van der Waals surface area contributed by atoms with Gasteiger partial charge in [0.1, 0.15) is 22.0 Å². The molecule has 10 heteroatoms. The Bertz CT molecular complexity index is 1330. The Labute approximate surface area is 216 Å². The third-order valence-corrected chi connectivity index (χ3v) is 6.15. The first-order valence-corrected chi connectivity index (χ1v) is 12.2. The maximum absolute atomic E-state index is 12.8. The first-order valence-electron chi connectivity index (χ1n) is 10.6. The van der Waals surface area contributed by atoms with Crippen molar-refractivity contribution in [1.82, 2.24) is 20.6 Å². The van der Waals surface area contributed by atoms with Crippen molar-refractivity contribution in [3.05, 3.63) is 104 Å². The van der Waals surface area contributed by atoms with E-state index in [-0.39, 0.29) is 29.8 Å². The minimum absolute atomic E-state index is 0.161. The number of amides is 2. The van der Waals surface area contributed by atoms with Crippen molar-refractivity contribution >= 4 is 46.4 Å². The first-order chi connectivity index (χ1) is 17.0. The van der Waals surface area contributed by atoms with Gasteiger partial charge < -0.3 is 15.4 Å². The predicted octanol–water partition coefficient (Wildman–Crippen LogP) is 5.54. The number of pyridine rings is 1. The molecule has 0 radical (unpaired) electrons. The molecule has 2 aromatic carbocycles. The summed E-state index contributed by atoms with van der Waals surface area (Å²) >= 11 is 13.2. The number of halogens is 2. The van der Waals surface area contributed by atoms with Crippen LogP contribution in [0.25, 0.3) is 0 Å². The molecule has 35 heavy (non-hydrogen) atoms. The van der Waals surface area contributed by atoms with Crippen LogP contribution >= 0.6 is 34.5 Å². The number of aromatic nitrogens is 2. The van der Waals surface area contributed by atoms with E-state index in [1.54, 1.807) is 54.0 Å². The molecular weight excluding hydrogens is 507 g/mol. The van der Waals surface area contributed by atoms with Crippen LogP contribution < -0.4 is 15.4 Å². The Hall–Kier alpha value is -3.46. The van der Waals surface area contributed by atoms with E-state index >= 15 is 0 Å². The van der Waals surface area contributed by atoms with Crippen LogP contribution in [0.15, 0.2) is 72.2 Å². The van der Waals surface area contributed by atoms with E-state index in [1.807, 2.05) is 18.2 Å². The number of nitrogens with one attached hydrogen (secondary N) is 2. The van der Waals surface area contributed by atoms with Crippen molar-refractivity contribution in [2.45, 2.75) is 13.0 Å². The number of nitrogens with zero attached hydrogens (tertiary/aromatic N) is 2. The molecule has 2 amide bonds. The zero-order chi connectivity index (χ0) is 24.6. The highest BCUT2D eigenvalue weighted by atomic mass is 35.5. The lowest BCUT2D eigenvalue weighted by Gasteiger charge is -2.10. The van der Waals surface area contributed by atoms with Crippen molar-refractivity contribution in [3.8, 4) is 11.6 Å². The number of carbonyl (C=O) groups excluding carboxylic acids is 2. The Morgan fingerprint density at radius 3 is 2.57 bits per heavy atom. The highest BCUT2D eigenvalue weighted by molar-refractivity contribution is 7.09. The topological polar surface area (TPSA) is 93.2 Å². The number of thiazole rings is 1. The van der Waals surface area contributed by atoms with E-state index < -0.39 is 0 Å². The molecule has 2 heterocycles. The molecular formula is C25H20Cl2N4O3S. The Balaban J connectivity index is 1.30. The van der Waals surface area contributed by atoms with Crippen LogP contribution in [0.2, 0.25) is 10.0 Å². The Morgan fingerprint density at radius 2 is 1.77 bits per heavy atom. The summed E-state index contributed by atoms with van der Waals surface area (Å²) in [6.07, 6.45) is 2.20. The van der Waals surface area contributed by atoms with Crippen LogP contribution in [-0.2, 0) is 13.0 Å². The number of hydrogen-bond donors (Lipinski definition) is 2. The fraction of sp³-hybridized carbons (Fsp3) is 0.120. The SMILES string of the molecule is O=C(NCCc1cccc(Cl)c1)c1csc(CNC(=O)c2cccnc2Oc2ccc(Cl)cc2)n1. The van der Waals surface area contributed by atoms with Crippen LogP contribution in [0.4, 0.5) is 0 Å². The molecule has 7 nitrogen and oxygen atoms in total. The quantitative estimate of drug-likeness (QED) is 0.298. The lowest BCUT2D eigenvalue weighted by Crippen LogP contribution is -2.26. The van der Waals surface area contributed by atoms with Crippen LogP contribution in [-0.4, -0.2) is 28.3 Å². The van der Waals surface area contributed by atoms with Gasteiger partial charge in [0.2, 0.25) is 5.88 Å². The van der Waals surface area contributed by atoms with Crippen molar-refractivity contribution in [2.24, 2.45) is 0 Å². The Morgan fingerprint density at radius 1 is 0.943 bits per heavy atom. The van der Waals surface area contributed by atoms with Gasteiger partial charge in [-0.05, 0) is 60.5 Å². The standard InChI is InChI=1S/C25H20Cl2N4O3S/c26-17-6-8-19(9-7-17)34-25-20(5-2-11-29-25)23(32)30-14-22-31-21(15-35-22)24(33)28-12-10-16-3-1-4-18(27)13-16/h1-9,11,13,15H,10,12,14H2,(H,28,33)(H,30,32). The van der Waals surface area contributed by atoms with Crippen molar-refractivity contribution in [1.29, 1.82) is 0 Å². The van der Waals surface area contributed by atoms with E-state index in [0.29, 0.717) is 39.5 Å². The van der Waals surface area contributed by atoms with Crippen LogP contribution in [0.3, 0.4) is 0 Å². The van der Waals surface area contributed by atoms with Gasteiger partial charge in [0.15, 0.2) is 0 Å². The summed E-state index contributed by atoms with van der Waals surface area (Å²) in [7, 11) is 0. The summed E-state index contributed by atoms with van der Waals surface area (Å²) in [5.74, 6) is 0.0378. The Kier molecular flexibility index (Phi) is 8.31. The molecule has 0 aliphatic heterocycles. The summed E-state index contributed by atoms with van der Waals surface area (Å²) in [6.45, 7) is 0.620. The molecule has 2 aromatic heterocycles. The second kappa shape index (κ2) is 11.8. The van der Waals surface area contributed by atoms with E-state index in [9.17, 15) is 9.59 Å². The average Bonchev–Trinajstić information content (AvgIpc) is 3.34. The van der Waals surface area contributed by atoms with Crippen LogP contribution in [0.1, 0.15) is 31.4 Å². The molecule has 4 aromatic rings. The molecule has 4 rings (SSSR count). The summed E-state index contributed by atoms with van der Waals surface area (Å²) < 4.78 is 5.75. The van der Waals surface area contributed by atoms with Gasteiger partial charge in [-0.2, -0.15) is 0 Å². The maximum Gasteiger partial charge on any atom is 0.270 e. The molecule has 0 spiro atoms. The minimum Gasteiger partial charge on any atom is -0.438 e. The van der Waals surface area contributed by atoms with Gasteiger partial charge in [0.25, 0.3) is 11.8 Å². The smallest absolute Gasteiger partial charge is 0.270 e. The van der Waals surface area contributed by atoms with Crippen molar-refractivity contribution < 1.29 is 14.3 Å². The van der Waals surface area contributed by atoms with E-state index in [0.717, 1.165) is 5.56 Å². The second-order valence-corrected chi connectivity index (χ2v) is 9.17. The first kappa shape index (κ1) is 24.7. The van der Waals surface area contributed by atoms with Crippen molar-refractivity contribution in [2.75, 3.05) is 6.54 Å². The van der Waals surface area contributed by atoms with Gasteiger partial charge in [0.05, 0.1) is 6.54 Å². The van der Waals surface area contributed by atoms with Gasteiger partial charge in [0, 0.05) is 28.2 Å². The third kappa shape index (κ3) is 7.02. The molecule has 2 N–H and O–H groups in total. The summed E-state index contributed by atoms with van der Waals surface area (Å²) in [5.41, 5.74) is 1.62. The number of carbonyl (C=O) groups is 2. The molecule has 0 bridgehead atoms. The maximum atomic E-state index is 12.8. The largest absolute Gasteiger partial charge is 0.438 e. The molecule has 0 atom stereocenters. The highest BCUT2D eigenvalue weighted by Crippen LogP contribution is 2.24. The van der Waals surface area contributed by atoms with Gasteiger partial charge in [-0.15, -0.1) is 11.3 Å². The number of hydrogen-bond acceptors (Lipinski definition) is 6. The number of rotatable bonds is 9. The molecule has 0 fully saturated rings. The van der Waals surface area contributed by atoms with Gasteiger partial charge >= 0.3 is 0 Å². The zero-order valence-electron chi connectivity index (χ0n) is 18.3. The van der Waals surface area contributed by atoms with E-state index in [2.05, 4.69) is 20.6 Å².